The van der Waals surface area contributed by atoms with Crippen molar-refractivity contribution < 1.29 is 44.3 Å². The van der Waals surface area contributed by atoms with E-state index in [4.69, 9.17) is 10.2 Å². The zero-order valence-corrected chi connectivity index (χ0v) is 11.7. The van der Waals surface area contributed by atoms with Crippen molar-refractivity contribution in [3.63, 3.8) is 0 Å². The van der Waals surface area contributed by atoms with Gasteiger partial charge in [0.2, 0.25) is 0 Å². The van der Waals surface area contributed by atoms with Crippen LogP contribution in [0.1, 0.15) is 16.7 Å². The molecule has 0 fully saturated rings. The molecule has 0 heterocycles. The van der Waals surface area contributed by atoms with Gasteiger partial charge >= 0.3 is 21.7 Å². The summed E-state index contributed by atoms with van der Waals surface area (Å²) in [5.41, 5.74) is 4.19. The van der Waals surface area contributed by atoms with E-state index in [1.807, 2.05) is 0 Å². The van der Waals surface area contributed by atoms with Crippen molar-refractivity contribution in [2.24, 2.45) is 0 Å². The number of aliphatic hydroxyl groups excluding tert-OH is 2. The Bertz CT molecular complexity index is 181. The summed E-state index contributed by atoms with van der Waals surface area (Å²) in [6.07, 6.45) is 0. The van der Waals surface area contributed by atoms with E-state index in [9.17, 15) is 0 Å². The summed E-state index contributed by atoms with van der Waals surface area (Å²) < 4.78 is 0. The monoisotopic (exact) mass is 254 g/mol. The number of aryl methyl sites for hydroxylation is 3. The predicted octanol–water partition coefficient (Wildman–Crippen LogP) is -1.45. The third-order valence-electron chi connectivity index (χ3n) is 1.51. The van der Waals surface area contributed by atoms with Crippen molar-refractivity contribution in [3.05, 3.63) is 28.8 Å². The van der Waals surface area contributed by atoms with Crippen LogP contribution in [-0.2, 0) is 21.7 Å². The maximum absolute atomic E-state index is 7.00. The molecular weight excluding hydrogens is 235 g/mol. The van der Waals surface area contributed by atoms with Gasteiger partial charge in [-0.1, -0.05) is 20.8 Å². The fourth-order valence-electron chi connectivity index (χ4n) is 0.952. The van der Waals surface area contributed by atoms with E-state index in [2.05, 4.69) is 32.9 Å². The van der Waals surface area contributed by atoms with Crippen molar-refractivity contribution in [2.45, 2.75) is 20.8 Å². The number of rotatable bonds is 0. The zero-order valence-electron chi connectivity index (χ0n) is 9.43. The van der Waals surface area contributed by atoms with E-state index >= 15 is 0 Å². The Morgan fingerprint density at radius 3 is 1.50 bits per heavy atom. The summed E-state index contributed by atoms with van der Waals surface area (Å²) in [4.78, 5) is 0. The molecule has 0 aliphatic heterocycles. The van der Waals surface area contributed by atoms with Gasteiger partial charge in [-0.15, -0.1) is 0 Å². The first-order valence-corrected chi connectivity index (χ1v) is 3.80. The molecule has 0 aromatic heterocycles. The predicted molar refractivity (Wildman–Crippen MR) is 52.5 cm³/mol. The average Bonchev–Trinajstić information content (AvgIpc) is 2.37. The van der Waals surface area contributed by atoms with Gasteiger partial charge < -0.3 is 22.6 Å². The van der Waals surface area contributed by atoms with Gasteiger partial charge in [0.15, 0.2) is 0 Å². The van der Waals surface area contributed by atoms with Gasteiger partial charge in [-0.25, -0.2) is 11.6 Å². The Labute approximate surface area is 108 Å². The molecule has 1 aromatic rings. The standard InChI is InChI=1S/C8H11.2CH4O.ClH.Ti/c1-6-4-7(2)8(3)5-6;2*1-2;;/h4-5H,1-3H3;2*2H,1H3;1H;/q-1;;;;+2/p-1. The summed E-state index contributed by atoms with van der Waals surface area (Å²) in [5.74, 6) is 0. The maximum Gasteiger partial charge on any atom is 2.00 e. The zero-order chi connectivity index (χ0) is 10.1. The summed E-state index contributed by atoms with van der Waals surface area (Å²) >= 11 is 0. The molecule has 0 atom stereocenters. The van der Waals surface area contributed by atoms with Crippen LogP contribution in [0.5, 0.6) is 0 Å². The first-order valence-electron chi connectivity index (χ1n) is 3.80. The second kappa shape index (κ2) is 15.7. The quantitative estimate of drug-likeness (QED) is 0.439. The van der Waals surface area contributed by atoms with Crippen molar-refractivity contribution in [3.8, 4) is 0 Å². The number of halogens is 1. The van der Waals surface area contributed by atoms with E-state index in [1.165, 1.54) is 16.7 Å². The largest absolute Gasteiger partial charge is 2.00 e. The minimum atomic E-state index is 0. The van der Waals surface area contributed by atoms with Crippen LogP contribution in [0.25, 0.3) is 0 Å². The molecule has 0 unspecified atom stereocenters. The third kappa shape index (κ3) is 10.4. The van der Waals surface area contributed by atoms with Crippen molar-refractivity contribution in [2.75, 3.05) is 14.2 Å². The first kappa shape index (κ1) is 23.8. The molecule has 14 heavy (non-hydrogen) atoms. The molecule has 2 N–H and O–H groups in total. The van der Waals surface area contributed by atoms with Crippen LogP contribution in [0.4, 0.5) is 0 Å². The Kier molecular flexibility index (Phi) is 26.8. The van der Waals surface area contributed by atoms with E-state index in [1.54, 1.807) is 0 Å². The summed E-state index contributed by atoms with van der Waals surface area (Å²) in [5, 5.41) is 14.0. The molecule has 2 nitrogen and oxygen atoms in total. The molecule has 1 aromatic carbocycles. The molecule has 0 saturated carbocycles. The molecule has 0 aliphatic carbocycles. The van der Waals surface area contributed by atoms with Gasteiger partial charge in [-0.05, 0) is 0 Å². The second-order valence-corrected chi connectivity index (χ2v) is 2.40. The fourth-order valence-corrected chi connectivity index (χ4v) is 0.952. The molecule has 0 radical (unpaired) electrons. The molecule has 0 spiro atoms. The molecule has 0 amide bonds. The number of hydrogen-bond donors (Lipinski definition) is 2. The Morgan fingerprint density at radius 1 is 1.07 bits per heavy atom. The molecular formula is C10H19ClO2Ti. The summed E-state index contributed by atoms with van der Waals surface area (Å²) in [7, 11) is 2.00. The van der Waals surface area contributed by atoms with Crippen LogP contribution in [0.15, 0.2) is 12.1 Å². The number of aliphatic hydroxyl groups is 2. The van der Waals surface area contributed by atoms with Crippen LogP contribution in [0, 0.1) is 20.8 Å². The van der Waals surface area contributed by atoms with E-state index in [0.717, 1.165) is 14.2 Å². The third-order valence-corrected chi connectivity index (χ3v) is 1.51. The van der Waals surface area contributed by atoms with Crippen LogP contribution in [0.3, 0.4) is 0 Å². The molecule has 0 bridgehead atoms. The van der Waals surface area contributed by atoms with Gasteiger partial charge in [-0.3, -0.25) is 0 Å². The molecule has 0 saturated heterocycles. The van der Waals surface area contributed by atoms with Gasteiger partial charge in [0.1, 0.15) is 0 Å². The van der Waals surface area contributed by atoms with Crippen LogP contribution >= 0.6 is 0 Å². The maximum atomic E-state index is 7.00. The smallest absolute Gasteiger partial charge is 1.00 e. The van der Waals surface area contributed by atoms with Crippen molar-refractivity contribution >= 4 is 0 Å². The topological polar surface area (TPSA) is 40.5 Å². The minimum absolute atomic E-state index is 0. The van der Waals surface area contributed by atoms with E-state index in [0.29, 0.717) is 0 Å². The molecule has 4 heteroatoms. The van der Waals surface area contributed by atoms with Crippen LogP contribution in [0.2, 0.25) is 0 Å². The number of hydrogen-bond acceptors (Lipinski definition) is 2. The van der Waals surface area contributed by atoms with Crippen LogP contribution in [-0.4, -0.2) is 24.4 Å². The first-order chi connectivity index (χ1) is 5.70. The minimum Gasteiger partial charge on any atom is -1.00 e. The van der Waals surface area contributed by atoms with Crippen LogP contribution < -0.4 is 12.4 Å². The Hall–Kier alpha value is 0.274. The van der Waals surface area contributed by atoms with Gasteiger partial charge in [-0.2, -0.15) is 17.2 Å². The molecule has 1 rings (SSSR count). The Balaban J connectivity index is -0.0000000750. The van der Waals surface area contributed by atoms with Gasteiger partial charge in [0.05, 0.1) is 0 Å². The second-order valence-electron chi connectivity index (χ2n) is 2.40. The molecule has 0 aliphatic rings. The van der Waals surface area contributed by atoms with Crippen molar-refractivity contribution in [1.29, 1.82) is 0 Å². The van der Waals surface area contributed by atoms with E-state index < -0.39 is 0 Å². The summed E-state index contributed by atoms with van der Waals surface area (Å²) in [6, 6.07) is 4.41. The average molecular weight is 255 g/mol. The fraction of sp³-hybridized carbons (Fsp3) is 0.500. The Morgan fingerprint density at radius 2 is 1.43 bits per heavy atom. The normalized spacial score (nSPS) is 6.50. The summed E-state index contributed by atoms with van der Waals surface area (Å²) in [6.45, 7) is 6.41. The molecule has 82 valence electrons. The SMILES string of the molecule is CO.CO.Cc1cc(C)[c-](C)c1.[Cl-].[Ti+2]. The van der Waals surface area contributed by atoms with E-state index in [-0.39, 0.29) is 34.1 Å². The van der Waals surface area contributed by atoms with Gasteiger partial charge in [0.25, 0.3) is 0 Å². The van der Waals surface area contributed by atoms with Gasteiger partial charge in [0, 0.05) is 14.2 Å². The van der Waals surface area contributed by atoms with Crippen molar-refractivity contribution in [1.82, 2.24) is 0 Å².